The van der Waals surface area contributed by atoms with Gasteiger partial charge >= 0.3 is 29.6 Å². The van der Waals surface area contributed by atoms with Crippen molar-refractivity contribution < 1.29 is 47.3 Å². The third-order valence-electron chi connectivity index (χ3n) is 8.42. The van der Waals surface area contributed by atoms with Crippen LogP contribution in [0, 0.1) is 0 Å². The molecule has 228 valence electrons. The molecule has 47 heavy (non-hydrogen) atoms. The zero-order chi connectivity index (χ0) is 31.9. The maximum atomic E-state index is 12.7. The summed E-state index contributed by atoms with van der Waals surface area (Å²) < 4.78 is 45.2. The Morgan fingerprint density at radius 3 is 1.36 bits per heavy atom. The van der Waals surface area contributed by atoms with Gasteiger partial charge in [0.05, 0.1) is 4.90 Å². The molecule has 0 amide bonds. The number of benzene rings is 6. The van der Waals surface area contributed by atoms with Gasteiger partial charge < -0.3 is 9.29 Å². The van der Waals surface area contributed by atoms with Crippen molar-refractivity contribution in [2.24, 2.45) is 0 Å². The van der Waals surface area contributed by atoms with E-state index in [0.29, 0.717) is 16.6 Å². The molecule has 0 spiro atoms. The molecule has 0 N–H and O–H groups in total. The predicted molar refractivity (Wildman–Crippen MR) is 190 cm³/mol. The molecule has 0 bridgehead atoms. The maximum absolute atomic E-state index is 12.7. The van der Waals surface area contributed by atoms with Gasteiger partial charge in [-0.1, -0.05) is 153 Å². The number of para-hydroxylation sites is 1. The first kappa shape index (κ1) is 33.8. The zero-order valence-corrected chi connectivity index (χ0v) is 31.0. The first-order valence-corrected chi connectivity index (χ1v) is 19.1. The average Bonchev–Trinajstić information content (AvgIpc) is 3.07. The van der Waals surface area contributed by atoms with E-state index >= 15 is 0 Å². The van der Waals surface area contributed by atoms with Crippen LogP contribution in [0.4, 0.5) is 0 Å². The molecule has 6 aromatic rings. The number of rotatable bonds is 7. The summed E-state index contributed by atoms with van der Waals surface area (Å²) in [5.41, 5.74) is 0.969. The summed E-state index contributed by atoms with van der Waals surface area (Å²) >= 11 is 0. The van der Waals surface area contributed by atoms with Gasteiger partial charge in [0, 0.05) is 27.2 Å². The summed E-state index contributed by atoms with van der Waals surface area (Å²) in [6.07, 6.45) is 0. The molecule has 4 nitrogen and oxygen atoms in total. The van der Waals surface area contributed by atoms with Gasteiger partial charge in [-0.05, 0) is 49.2 Å². The van der Waals surface area contributed by atoms with Gasteiger partial charge in [-0.15, -0.1) is 0 Å². The Balaban J connectivity index is 0.00000386. The van der Waals surface area contributed by atoms with Crippen LogP contribution in [0.2, 0.25) is 0 Å². The van der Waals surface area contributed by atoms with E-state index in [1.807, 2.05) is 48.5 Å². The topological polar surface area (TPSA) is 66.4 Å². The van der Waals surface area contributed by atoms with E-state index < -0.39 is 31.4 Å². The third kappa shape index (κ3) is 6.52. The molecule has 0 saturated carbocycles. The number of ether oxygens (including phenoxy) is 1. The van der Waals surface area contributed by atoms with Gasteiger partial charge in [0.2, 0.25) is 0 Å². The molecule has 0 saturated heterocycles. The summed E-state index contributed by atoms with van der Waals surface area (Å²) in [6, 6.07) is 50.4. The molecule has 1 heterocycles. The molecule has 0 unspecified atom stereocenters. The Morgan fingerprint density at radius 1 is 0.532 bits per heavy atom. The summed E-state index contributed by atoms with van der Waals surface area (Å²) in [5.74, 6) is 1.40. The number of fused-ring (bicyclic) bond motifs is 2. The fourth-order valence-electron chi connectivity index (χ4n) is 6.18. The summed E-state index contributed by atoms with van der Waals surface area (Å²) in [6.45, 7) is 4.17. The van der Waals surface area contributed by atoms with Gasteiger partial charge in [-0.3, -0.25) is 0 Å². The molecule has 6 aromatic carbocycles. The minimum Gasteiger partial charge on any atom is -0.744 e. The van der Waals surface area contributed by atoms with Crippen molar-refractivity contribution in [3.63, 3.8) is 0 Å². The average molecular weight is 681 g/mol. The molecule has 0 aliphatic carbocycles. The molecule has 8 heteroatoms. The minimum atomic E-state index is -4.77. The van der Waals surface area contributed by atoms with E-state index in [1.54, 1.807) is 6.07 Å². The van der Waals surface area contributed by atoms with E-state index in [0.717, 1.165) is 27.2 Å². The van der Waals surface area contributed by atoms with E-state index in [9.17, 15) is 13.0 Å². The molecule has 0 aromatic heterocycles. The van der Waals surface area contributed by atoms with Gasteiger partial charge in [0.1, 0.15) is 21.6 Å². The van der Waals surface area contributed by atoms with Crippen LogP contribution in [-0.4, -0.2) is 13.0 Å². The van der Waals surface area contributed by atoms with Gasteiger partial charge in [-0.2, -0.15) is 0 Å². The normalized spacial score (nSPS) is 13.3. The maximum Gasteiger partial charge on any atom is 1.00 e. The minimum absolute atomic E-state index is 0. The standard InChI is InChI=1S/C39H32O4P2S.Na/c1-39(2)33-24-15-25-35(44(28-16-7-3-8-17-28)29-18-9-4-10-19-29)37(33)43-38-34(39)26-32(46(40,41)42)27-36(38)45(30-20-11-5-12-21-30)31-22-13-6-14-23-31;/h3-27H,1-2H3,(H,40,41,42);/q;+1/p-1. The Labute approximate surface area is 301 Å². The second kappa shape index (κ2) is 13.8. The molecule has 1 aliphatic rings. The fourth-order valence-corrected chi connectivity index (χ4v) is 11.6. The molecular weight excluding hydrogens is 649 g/mol. The zero-order valence-electron chi connectivity index (χ0n) is 26.4. The van der Waals surface area contributed by atoms with Gasteiger partial charge in [-0.25, -0.2) is 8.42 Å². The quantitative estimate of drug-likeness (QED) is 0.147. The second-order valence-corrected chi connectivity index (χ2v) is 17.4. The predicted octanol–water partition coefficient (Wildman–Crippen LogP) is 3.54. The SMILES string of the molecule is CC1(C)c2cccc(P(c3ccccc3)c3ccccc3)c2Oc2c(P(c3ccccc3)c3ccccc3)cc(S(=O)(=O)[O-])cc21.[Na+]. The van der Waals surface area contributed by atoms with Crippen LogP contribution >= 0.6 is 15.8 Å². The molecule has 0 fully saturated rings. The van der Waals surface area contributed by atoms with Crippen LogP contribution in [0.3, 0.4) is 0 Å². The van der Waals surface area contributed by atoms with Crippen molar-refractivity contribution in [3.05, 3.63) is 163 Å². The van der Waals surface area contributed by atoms with Crippen molar-refractivity contribution in [1.82, 2.24) is 0 Å². The molecule has 1 aliphatic heterocycles. The number of hydrogen-bond acceptors (Lipinski definition) is 4. The van der Waals surface area contributed by atoms with Crippen LogP contribution in [0.15, 0.2) is 157 Å². The summed E-state index contributed by atoms with van der Waals surface area (Å²) in [7, 11) is -7.05. The van der Waals surface area contributed by atoms with Crippen LogP contribution in [0.5, 0.6) is 11.5 Å². The Bertz CT molecular complexity index is 2050. The van der Waals surface area contributed by atoms with E-state index in [-0.39, 0.29) is 34.5 Å². The van der Waals surface area contributed by atoms with Crippen molar-refractivity contribution in [2.45, 2.75) is 24.2 Å². The molecule has 0 atom stereocenters. The fraction of sp³-hybridized carbons (Fsp3) is 0.0769. The number of hydrogen-bond donors (Lipinski definition) is 0. The van der Waals surface area contributed by atoms with Crippen LogP contribution in [-0.2, 0) is 15.5 Å². The smallest absolute Gasteiger partial charge is 0.744 e. The monoisotopic (exact) mass is 680 g/mol. The molecular formula is C39H31NaO4P2S. The molecule has 0 radical (unpaired) electrons. The first-order valence-electron chi connectivity index (χ1n) is 15.0. The second-order valence-electron chi connectivity index (χ2n) is 11.7. The van der Waals surface area contributed by atoms with E-state index in [4.69, 9.17) is 4.74 Å². The Morgan fingerprint density at radius 2 is 0.936 bits per heavy atom. The van der Waals surface area contributed by atoms with Gasteiger partial charge in [0.25, 0.3) is 0 Å². The van der Waals surface area contributed by atoms with Crippen LogP contribution < -0.4 is 66.1 Å². The third-order valence-corrected chi connectivity index (χ3v) is 14.1. The van der Waals surface area contributed by atoms with E-state index in [1.165, 1.54) is 16.7 Å². The first-order chi connectivity index (χ1) is 22.2. The van der Waals surface area contributed by atoms with Crippen LogP contribution in [0.1, 0.15) is 25.0 Å². The van der Waals surface area contributed by atoms with Crippen LogP contribution in [0.25, 0.3) is 0 Å². The summed E-state index contributed by atoms with van der Waals surface area (Å²) in [4.78, 5) is -0.243. The Hall–Kier alpha value is -3.11. The van der Waals surface area contributed by atoms with Crippen molar-refractivity contribution in [3.8, 4) is 11.5 Å². The van der Waals surface area contributed by atoms with E-state index in [2.05, 4.69) is 105 Å². The Kier molecular flexibility index (Phi) is 9.91. The molecule has 7 rings (SSSR count). The van der Waals surface area contributed by atoms with Crippen molar-refractivity contribution in [1.29, 1.82) is 0 Å². The van der Waals surface area contributed by atoms with Crippen molar-refractivity contribution in [2.75, 3.05) is 0 Å². The largest absolute Gasteiger partial charge is 1.00 e. The van der Waals surface area contributed by atoms with Crippen molar-refractivity contribution >= 4 is 57.8 Å². The van der Waals surface area contributed by atoms with Gasteiger partial charge in [0.15, 0.2) is 0 Å². The summed E-state index contributed by atoms with van der Waals surface area (Å²) in [5, 5.41) is 6.25.